The largest absolute Gasteiger partial charge is 0.496 e. The number of likely N-dealkylation sites (tertiary alicyclic amines) is 1. The molecule has 1 aromatic heterocycles. The molecular formula is C39H39Cl2N5O4. The lowest BCUT2D eigenvalue weighted by molar-refractivity contribution is -0.141. The molecule has 11 heteroatoms. The van der Waals surface area contributed by atoms with Crippen LogP contribution in [-0.4, -0.2) is 64.4 Å². The van der Waals surface area contributed by atoms with E-state index in [1.807, 2.05) is 53.3 Å². The number of nitrogens with zero attached hydrogens (tertiary/aromatic N) is 3. The van der Waals surface area contributed by atoms with Crippen LogP contribution in [0.5, 0.6) is 5.75 Å². The number of halogens is 2. The van der Waals surface area contributed by atoms with E-state index >= 15 is 0 Å². The molecule has 9 nitrogen and oxygen atoms in total. The van der Waals surface area contributed by atoms with E-state index in [0.717, 1.165) is 75.9 Å². The summed E-state index contributed by atoms with van der Waals surface area (Å²) in [5.41, 5.74) is 7.81. The monoisotopic (exact) mass is 711 g/mol. The number of carboxylic acid groups (broad SMARTS) is 1. The van der Waals surface area contributed by atoms with Crippen molar-refractivity contribution in [2.75, 3.05) is 26.7 Å². The van der Waals surface area contributed by atoms with Gasteiger partial charge in [0.25, 0.3) is 0 Å². The molecule has 2 aliphatic heterocycles. The van der Waals surface area contributed by atoms with Crippen LogP contribution in [0.2, 0.25) is 10.0 Å². The van der Waals surface area contributed by atoms with Crippen LogP contribution in [0.3, 0.4) is 0 Å². The van der Waals surface area contributed by atoms with Gasteiger partial charge in [0.1, 0.15) is 5.75 Å². The highest BCUT2D eigenvalue weighted by molar-refractivity contribution is 6.36. The quantitative estimate of drug-likeness (QED) is 0.128. The van der Waals surface area contributed by atoms with Crippen LogP contribution in [0, 0.1) is 5.92 Å². The molecule has 0 aliphatic carbocycles. The van der Waals surface area contributed by atoms with Gasteiger partial charge in [0.15, 0.2) is 0 Å². The number of aliphatic carboxylic acids is 1. The van der Waals surface area contributed by atoms with Crippen molar-refractivity contribution in [3.05, 3.63) is 106 Å². The van der Waals surface area contributed by atoms with Gasteiger partial charge in [-0.2, -0.15) is 5.10 Å². The number of benzene rings is 4. The van der Waals surface area contributed by atoms with E-state index in [-0.39, 0.29) is 17.9 Å². The molecule has 5 aromatic rings. The fourth-order valence-corrected chi connectivity index (χ4v) is 7.68. The number of carbonyl (C=O) groups excluding carboxylic acids is 1. The topological polar surface area (TPSA) is 109 Å². The average molecular weight is 713 g/mol. The summed E-state index contributed by atoms with van der Waals surface area (Å²) in [6.45, 7) is 3.74. The highest BCUT2D eigenvalue weighted by Crippen LogP contribution is 2.39. The van der Waals surface area contributed by atoms with E-state index in [1.54, 1.807) is 7.11 Å². The number of carbonyl (C=O) groups is 2. The number of rotatable bonds is 12. The van der Waals surface area contributed by atoms with Gasteiger partial charge in [0.05, 0.1) is 36.3 Å². The highest BCUT2D eigenvalue weighted by Gasteiger charge is 2.28. The van der Waals surface area contributed by atoms with Gasteiger partial charge in [-0.3, -0.25) is 19.2 Å². The lowest BCUT2D eigenvalue weighted by Crippen LogP contribution is -2.35. The predicted molar refractivity (Wildman–Crippen MR) is 197 cm³/mol. The number of methoxy groups -OCH3 is 1. The molecule has 1 amide bonds. The number of fused-ring (bicyclic) bond motifs is 1. The molecule has 0 radical (unpaired) electrons. The minimum atomic E-state index is -0.749. The molecule has 0 unspecified atom stereocenters. The minimum absolute atomic E-state index is 0.131. The van der Waals surface area contributed by atoms with Gasteiger partial charge in [-0.05, 0) is 59.8 Å². The molecule has 3 heterocycles. The second-order valence-corrected chi connectivity index (χ2v) is 13.9. The number of amides is 1. The highest BCUT2D eigenvalue weighted by atomic mass is 35.5. The maximum Gasteiger partial charge on any atom is 0.307 e. The van der Waals surface area contributed by atoms with Crippen LogP contribution >= 0.6 is 23.2 Å². The summed E-state index contributed by atoms with van der Waals surface area (Å²) in [5.74, 6) is -0.245. The first-order chi connectivity index (χ1) is 24.3. The first kappa shape index (κ1) is 34.1. The fourth-order valence-electron chi connectivity index (χ4n) is 7.10. The van der Waals surface area contributed by atoms with Crippen LogP contribution in [0.15, 0.2) is 79.0 Å². The van der Waals surface area contributed by atoms with Gasteiger partial charge in [-0.25, -0.2) is 0 Å². The number of aromatic nitrogens is 2. The third-order valence-corrected chi connectivity index (χ3v) is 10.6. The zero-order chi connectivity index (χ0) is 34.8. The van der Waals surface area contributed by atoms with Gasteiger partial charge in [0.2, 0.25) is 5.91 Å². The molecule has 7 rings (SSSR count). The van der Waals surface area contributed by atoms with E-state index in [9.17, 15) is 14.7 Å². The van der Waals surface area contributed by atoms with Gasteiger partial charge < -0.3 is 20.5 Å². The summed E-state index contributed by atoms with van der Waals surface area (Å²) in [4.78, 5) is 25.0. The van der Waals surface area contributed by atoms with Crippen molar-refractivity contribution in [3.8, 4) is 28.0 Å². The minimum Gasteiger partial charge on any atom is -0.496 e. The zero-order valence-corrected chi connectivity index (χ0v) is 29.3. The van der Waals surface area contributed by atoms with E-state index in [1.165, 1.54) is 0 Å². The normalized spacial score (nSPS) is 17.8. The average Bonchev–Trinajstić information content (AvgIpc) is 3.87. The van der Waals surface area contributed by atoms with Crippen molar-refractivity contribution in [1.82, 2.24) is 25.3 Å². The molecule has 4 aromatic carbocycles. The molecule has 0 saturated carbocycles. The Balaban J connectivity index is 1.08. The molecule has 0 spiro atoms. The SMILES string of the molecule is COc1cc(Cn2ncc3c(-c4cccc(-c5ccc(CNC[C@@H]6CCC(=O)N6)cc5)c4Cl)cccc32)c(Cl)cc1CN1CC[C@@H](C(=O)O)C1. The van der Waals surface area contributed by atoms with Gasteiger partial charge in [-0.15, -0.1) is 0 Å². The maximum absolute atomic E-state index is 11.5. The first-order valence-corrected chi connectivity index (χ1v) is 17.7. The van der Waals surface area contributed by atoms with Gasteiger partial charge in [0, 0.05) is 65.7 Å². The molecule has 2 atom stereocenters. The predicted octanol–water partition coefficient (Wildman–Crippen LogP) is 7.01. The first-order valence-electron chi connectivity index (χ1n) is 16.9. The summed E-state index contributed by atoms with van der Waals surface area (Å²) in [6.07, 6.45) is 4.00. The Hall–Kier alpha value is -4.41. The van der Waals surface area contributed by atoms with Crippen LogP contribution in [0.25, 0.3) is 33.2 Å². The molecular weight excluding hydrogens is 673 g/mol. The standard InChI is InChI=1S/C39H39Cl2N5O4/c1-50-36-17-27(34(40)16-28(36)22-45-15-14-26(21-45)39(48)49)23-46-35-7-3-5-31(33(35)20-43-46)32-6-2-4-30(38(32)41)25-10-8-24(9-11-25)18-42-19-29-12-13-37(47)44-29/h2-11,16-17,20,26,29,42H,12-15,18-19,21-23H2,1H3,(H,44,47)(H,48,49)/t26-,29+/m1/s1. The summed E-state index contributed by atoms with van der Waals surface area (Å²) in [7, 11) is 1.64. The number of nitrogens with one attached hydrogen (secondary N) is 2. The number of ether oxygens (including phenoxy) is 1. The Morgan fingerprint density at radius 3 is 2.52 bits per heavy atom. The molecule has 50 heavy (non-hydrogen) atoms. The Bertz CT molecular complexity index is 2050. The molecule has 2 aliphatic rings. The zero-order valence-electron chi connectivity index (χ0n) is 27.8. The Morgan fingerprint density at radius 1 is 1.00 bits per heavy atom. The molecule has 2 fully saturated rings. The molecule has 0 bridgehead atoms. The molecule has 3 N–H and O–H groups in total. The molecule has 258 valence electrons. The summed E-state index contributed by atoms with van der Waals surface area (Å²) in [5, 5.41) is 22.9. The smallest absolute Gasteiger partial charge is 0.307 e. The van der Waals surface area contributed by atoms with Gasteiger partial charge in [-0.1, -0.05) is 77.8 Å². The van der Waals surface area contributed by atoms with E-state index in [0.29, 0.717) is 48.3 Å². The third kappa shape index (κ3) is 7.23. The van der Waals surface area contributed by atoms with Crippen molar-refractivity contribution in [3.63, 3.8) is 0 Å². The van der Waals surface area contributed by atoms with E-state index in [4.69, 9.17) is 33.0 Å². The Morgan fingerprint density at radius 2 is 1.78 bits per heavy atom. The van der Waals surface area contributed by atoms with Crippen molar-refractivity contribution in [2.45, 2.75) is 44.9 Å². The van der Waals surface area contributed by atoms with Crippen LogP contribution in [0.1, 0.15) is 36.0 Å². The maximum atomic E-state index is 11.5. The summed E-state index contributed by atoms with van der Waals surface area (Å²) >= 11 is 14.0. The van der Waals surface area contributed by atoms with Crippen molar-refractivity contribution >= 4 is 46.0 Å². The second-order valence-electron chi connectivity index (χ2n) is 13.2. The number of hydrogen-bond donors (Lipinski definition) is 3. The van der Waals surface area contributed by atoms with Gasteiger partial charge >= 0.3 is 5.97 Å². The van der Waals surface area contributed by atoms with Crippen LogP contribution in [-0.2, 0) is 29.2 Å². The number of hydrogen-bond acceptors (Lipinski definition) is 6. The summed E-state index contributed by atoms with van der Waals surface area (Å²) in [6, 6.07) is 24.7. The van der Waals surface area contributed by atoms with Crippen molar-refractivity contribution in [1.29, 1.82) is 0 Å². The Kier molecular flexibility index (Phi) is 10.1. The van der Waals surface area contributed by atoms with E-state index < -0.39 is 5.97 Å². The van der Waals surface area contributed by atoms with Crippen molar-refractivity contribution in [2.24, 2.45) is 5.92 Å². The lowest BCUT2D eigenvalue weighted by atomic mass is 9.96. The Labute approximate surface area is 301 Å². The fraction of sp³-hybridized carbons (Fsp3) is 0.308. The third-order valence-electron chi connectivity index (χ3n) is 9.83. The summed E-state index contributed by atoms with van der Waals surface area (Å²) < 4.78 is 7.69. The molecule has 2 saturated heterocycles. The van der Waals surface area contributed by atoms with Crippen LogP contribution in [0.4, 0.5) is 0 Å². The lowest BCUT2D eigenvalue weighted by Gasteiger charge is -2.19. The van der Waals surface area contributed by atoms with Crippen LogP contribution < -0.4 is 15.4 Å². The van der Waals surface area contributed by atoms with E-state index in [2.05, 4.69) is 45.9 Å². The number of carboxylic acids is 1. The van der Waals surface area contributed by atoms with Crippen molar-refractivity contribution < 1.29 is 19.4 Å². The second kappa shape index (κ2) is 14.8.